The van der Waals surface area contributed by atoms with Crippen molar-refractivity contribution in [2.45, 2.75) is 31.6 Å². The van der Waals surface area contributed by atoms with E-state index in [9.17, 15) is 4.79 Å². The molecule has 0 saturated carbocycles. The summed E-state index contributed by atoms with van der Waals surface area (Å²) < 4.78 is 2.38. The van der Waals surface area contributed by atoms with Crippen LogP contribution >= 0.6 is 11.9 Å². The van der Waals surface area contributed by atoms with E-state index in [-0.39, 0.29) is 5.92 Å². The molecule has 6 heteroatoms. The van der Waals surface area contributed by atoms with Crippen LogP contribution in [-0.2, 0) is 4.79 Å². The third kappa shape index (κ3) is 5.02. The number of piperidine rings is 1. The van der Waals surface area contributed by atoms with Gasteiger partial charge in [-0.2, -0.15) is 0 Å². The monoisotopic (exact) mass is 460 g/mol. The number of hydrogen-bond acceptors (Lipinski definition) is 5. The predicted octanol–water partition coefficient (Wildman–Crippen LogP) is 4.92. The van der Waals surface area contributed by atoms with Gasteiger partial charge in [0.05, 0.1) is 11.4 Å². The normalized spacial score (nSPS) is 19.8. The van der Waals surface area contributed by atoms with Crippen LogP contribution in [0, 0.1) is 19.8 Å². The smallest absolute Gasteiger partial charge is 0.227 e. The Morgan fingerprint density at radius 3 is 2.61 bits per heavy atom. The number of anilines is 1. The SMILES string of the molecule is Cc1cccc(SN2CCCC(C(=O)N3CCN(c4cc(C)nc5ccccc45)CC3)C2)c1. The molecule has 3 aromatic rings. The van der Waals surface area contributed by atoms with Gasteiger partial charge in [0.15, 0.2) is 0 Å². The van der Waals surface area contributed by atoms with Gasteiger partial charge in [0, 0.05) is 60.9 Å². The number of hydrogen-bond donors (Lipinski definition) is 0. The third-order valence-corrected chi connectivity index (χ3v) is 7.77. The first-order chi connectivity index (χ1) is 16.1. The molecule has 2 aliphatic heterocycles. The molecule has 2 fully saturated rings. The van der Waals surface area contributed by atoms with Gasteiger partial charge in [0.2, 0.25) is 5.91 Å². The number of aromatic nitrogens is 1. The number of rotatable bonds is 4. The molecule has 0 radical (unpaired) electrons. The number of carbonyl (C=O) groups excluding carboxylic acids is 1. The van der Waals surface area contributed by atoms with Gasteiger partial charge in [0.1, 0.15) is 0 Å². The molecule has 0 N–H and O–H groups in total. The molecule has 33 heavy (non-hydrogen) atoms. The summed E-state index contributed by atoms with van der Waals surface area (Å²) in [7, 11) is 0. The molecule has 0 bridgehead atoms. The largest absolute Gasteiger partial charge is 0.367 e. The van der Waals surface area contributed by atoms with Crippen molar-refractivity contribution in [1.29, 1.82) is 0 Å². The molecule has 5 nitrogen and oxygen atoms in total. The summed E-state index contributed by atoms with van der Waals surface area (Å²) in [5.74, 6) is 0.437. The highest BCUT2D eigenvalue weighted by Crippen LogP contribution is 2.31. The zero-order chi connectivity index (χ0) is 22.8. The van der Waals surface area contributed by atoms with Crippen LogP contribution < -0.4 is 4.90 Å². The number of aryl methyl sites for hydroxylation is 2. The van der Waals surface area contributed by atoms with Crippen molar-refractivity contribution >= 4 is 34.4 Å². The van der Waals surface area contributed by atoms with Gasteiger partial charge >= 0.3 is 0 Å². The number of benzene rings is 2. The summed E-state index contributed by atoms with van der Waals surface area (Å²) in [4.78, 5) is 23.8. The topological polar surface area (TPSA) is 39.7 Å². The van der Waals surface area contributed by atoms with Crippen LogP contribution in [-0.4, -0.2) is 59.4 Å². The lowest BCUT2D eigenvalue weighted by Crippen LogP contribution is -2.52. The van der Waals surface area contributed by atoms with Gasteiger partial charge in [-0.3, -0.25) is 9.78 Å². The molecule has 2 aliphatic rings. The zero-order valence-electron chi connectivity index (χ0n) is 19.5. The standard InChI is InChI=1S/C27H32N4OS/c1-20-7-5-9-23(17-20)33-31-12-6-8-22(19-31)27(32)30-15-13-29(14-16-30)26-18-21(2)28-25-11-4-3-10-24(25)26/h3-5,7,9-11,17-18,22H,6,8,12-16,19H2,1-2H3. The van der Waals surface area contributed by atoms with Gasteiger partial charge in [-0.1, -0.05) is 30.3 Å². The van der Waals surface area contributed by atoms with E-state index in [0.29, 0.717) is 5.91 Å². The van der Waals surface area contributed by atoms with Crippen LogP contribution in [0.1, 0.15) is 24.1 Å². The van der Waals surface area contributed by atoms with Crippen molar-refractivity contribution in [1.82, 2.24) is 14.2 Å². The van der Waals surface area contributed by atoms with Crippen molar-refractivity contribution in [3.05, 3.63) is 65.9 Å². The van der Waals surface area contributed by atoms with Crippen molar-refractivity contribution in [3.8, 4) is 0 Å². The Hall–Kier alpha value is -2.57. The molecule has 1 atom stereocenters. The number of nitrogens with zero attached hydrogens (tertiary/aromatic N) is 4. The second-order valence-electron chi connectivity index (χ2n) is 9.25. The molecule has 1 aromatic heterocycles. The summed E-state index contributed by atoms with van der Waals surface area (Å²) in [5, 5.41) is 1.19. The molecular weight excluding hydrogens is 428 g/mol. The lowest BCUT2D eigenvalue weighted by atomic mass is 9.97. The number of carbonyl (C=O) groups is 1. The van der Waals surface area contributed by atoms with Crippen LogP contribution in [0.15, 0.2) is 59.5 Å². The van der Waals surface area contributed by atoms with Gasteiger partial charge in [-0.05, 0) is 68.5 Å². The van der Waals surface area contributed by atoms with Crippen molar-refractivity contribution in [3.63, 3.8) is 0 Å². The van der Waals surface area contributed by atoms with Gasteiger partial charge in [0.25, 0.3) is 0 Å². The van der Waals surface area contributed by atoms with E-state index in [0.717, 1.165) is 63.3 Å². The Labute approximate surface area is 200 Å². The van der Waals surface area contributed by atoms with E-state index < -0.39 is 0 Å². The summed E-state index contributed by atoms with van der Waals surface area (Å²) in [6.07, 6.45) is 2.08. The molecule has 172 valence electrons. The van der Waals surface area contributed by atoms with E-state index in [1.165, 1.54) is 21.5 Å². The number of amides is 1. The second-order valence-corrected chi connectivity index (χ2v) is 10.4. The minimum Gasteiger partial charge on any atom is -0.367 e. The van der Waals surface area contributed by atoms with Crippen LogP contribution in [0.3, 0.4) is 0 Å². The van der Waals surface area contributed by atoms with E-state index in [1.807, 2.05) is 6.07 Å². The molecule has 0 aliphatic carbocycles. The number of fused-ring (bicyclic) bond motifs is 1. The summed E-state index contributed by atoms with van der Waals surface area (Å²) >= 11 is 1.80. The Balaban J connectivity index is 1.21. The average Bonchev–Trinajstić information content (AvgIpc) is 2.83. The summed E-state index contributed by atoms with van der Waals surface area (Å²) in [5.41, 5.74) is 4.60. The highest BCUT2D eigenvalue weighted by atomic mass is 32.2. The van der Waals surface area contributed by atoms with Crippen LogP contribution in [0.4, 0.5) is 5.69 Å². The first-order valence-electron chi connectivity index (χ1n) is 12.0. The van der Waals surface area contributed by atoms with Crippen LogP contribution in [0.5, 0.6) is 0 Å². The van der Waals surface area contributed by atoms with Crippen molar-refractivity contribution in [2.75, 3.05) is 44.2 Å². The van der Waals surface area contributed by atoms with Gasteiger partial charge in [-0.25, -0.2) is 4.31 Å². The molecule has 5 rings (SSSR count). The first kappa shape index (κ1) is 22.2. The Morgan fingerprint density at radius 2 is 1.79 bits per heavy atom. The maximum atomic E-state index is 13.4. The Kier molecular flexibility index (Phi) is 6.56. The molecule has 0 spiro atoms. The Morgan fingerprint density at radius 1 is 0.970 bits per heavy atom. The van der Waals surface area contributed by atoms with Crippen LogP contribution in [0.2, 0.25) is 0 Å². The predicted molar refractivity (Wildman–Crippen MR) is 137 cm³/mol. The molecule has 2 saturated heterocycles. The zero-order valence-corrected chi connectivity index (χ0v) is 20.4. The first-order valence-corrected chi connectivity index (χ1v) is 12.7. The van der Waals surface area contributed by atoms with Crippen LogP contribution in [0.25, 0.3) is 10.9 Å². The maximum absolute atomic E-state index is 13.4. The highest BCUT2D eigenvalue weighted by molar-refractivity contribution is 7.97. The third-order valence-electron chi connectivity index (χ3n) is 6.71. The summed E-state index contributed by atoms with van der Waals surface area (Å²) in [6, 6.07) is 19.1. The second kappa shape index (κ2) is 9.74. The minimum atomic E-state index is 0.103. The Bertz CT molecular complexity index is 1140. The molecule has 1 amide bonds. The molecule has 2 aromatic carbocycles. The van der Waals surface area contributed by atoms with E-state index in [1.54, 1.807) is 11.9 Å². The minimum absolute atomic E-state index is 0.103. The maximum Gasteiger partial charge on any atom is 0.227 e. The fourth-order valence-corrected chi connectivity index (χ4v) is 6.17. The number of para-hydroxylation sites is 1. The number of piperazine rings is 1. The summed E-state index contributed by atoms with van der Waals surface area (Å²) in [6.45, 7) is 9.38. The van der Waals surface area contributed by atoms with E-state index >= 15 is 0 Å². The van der Waals surface area contributed by atoms with Crippen molar-refractivity contribution < 1.29 is 4.79 Å². The van der Waals surface area contributed by atoms with Gasteiger partial charge < -0.3 is 9.80 Å². The molecule has 3 heterocycles. The highest BCUT2D eigenvalue weighted by Gasteiger charge is 2.31. The fraction of sp³-hybridized carbons (Fsp3) is 0.407. The quantitative estimate of drug-likeness (QED) is 0.517. The van der Waals surface area contributed by atoms with E-state index in [4.69, 9.17) is 0 Å². The van der Waals surface area contributed by atoms with Gasteiger partial charge in [-0.15, -0.1) is 0 Å². The average molecular weight is 461 g/mol. The van der Waals surface area contributed by atoms with E-state index in [2.05, 4.69) is 81.5 Å². The molecule has 1 unspecified atom stereocenters. The fourth-order valence-electron chi connectivity index (χ4n) is 5.02. The number of pyridine rings is 1. The van der Waals surface area contributed by atoms with Crippen molar-refractivity contribution in [2.24, 2.45) is 5.92 Å². The lowest BCUT2D eigenvalue weighted by molar-refractivity contribution is -0.136. The molecular formula is C27H32N4OS. The lowest BCUT2D eigenvalue weighted by Gasteiger charge is -2.39.